The van der Waals surface area contributed by atoms with Crippen LogP contribution in [0.15, 0.2) is 28.7 Å². The molecule has 0 radical (unpaired) electrons. The van der Waals surface area contributed by atoms with E-state index >= 15 is 0 Å². The molecule has 2 rings (SSSR count). The Morgan fingerprint density at radius 2 is 2.11 bits per heavy atom. The van der Waals surface area contributed by atoms with Gasteiger partial charge in [-0.2, -0.15) is 13.2 Å². The predicted octanol–water partition coefficient (Wildman–Crippen LogP) is 4.31. The van der Waals surface area contributed by atoms with Crippen molar-refractivity contribution in [3.63, 3.8) is 0 Å². The molecule has 0 atom stereocenters. The quantitative estimate of drug-likeness (QED) is 0.891. The normalized spacial score (nSPS) is 11.8. The van der Waals surface area contributed by atoms with Gasteiger partial charge in [0.15, 0.2) is 5.69 Å². The van der Waals surface area contributed by atoms with E-state index in [2.05, 4.69) is 26.2 Å². The van der Waals surface area contributed by atoms with Gasteiger partial charge in [0.05, 0.1) is 4.88 Å². The van der Waals surface area contributed by atoms with Gasteiger partial charge in [-0.05, 0) is 19.2 Å². The first-order valence-corrected chi connectivity index (χ1v) is 7.00. The van der Waals surface area contributed by atoms with Gasteiger partial charge >= 0.3 is 6.18 Å². The lowest BCUT2D eigenvalue weighted by atomic mass is 10.2. The van der Waals surface area contributed by atoms with Gasteiger partial charge in [0.2, 0.25) is 0 Å². The fourth-order valence-corrected chi connectivity index (χ4v) is 3.09. The predicted molar refractivity (Wildman–Crippen MR) is 73.0 cm³/mol. The van der Waals surface area contributed by atoms with E-state index in [0.717, 1.165) is 15.8 Å². The number of hydrogen-bond donors (Lipinski definition) is 1. The van der Waals surface area contributed by atoms with Crippen molar-refractivity contribution >= 4 is 27.3 Å². The molecule has 0 amide bonds. The molecule has 19 heavy (non-hydrogen) atoms. The largest absolute Gasteiger partial charge is 0.434 e. The maximum absolute atomic E-state index is 12.9. The van der Waals surface area contributed by atoms with Crippen molar-refractivity contribution in [2.24, 2.45) is 0 Å². The van der Waals surface area contributed by atoms with Gasteiger partial charge in [-0.3, -0.25) is 0 Å². The Hall–Kier alpha value is -0.920. The molecule has 1 aromatic carbocycles. The summed E-state index contributed by atoms with van der Waals surface area (Å²) in [6, 6.07) is 7.08. The van der Waals surface area contributed by atoms with E-state index in [1.165, 1.54) is 0 Å². The molecule has 0 spiro atoms. The summed E-state index contributed by atoms with van der Waals surface area (Å²) >= 11 is 4.36. The number of rotatable bonds is 3. The maximum Gasteiger partial charge on any atom is 0.434 e. The number of benzene rings is 1. The fourth-order valence-electron chi connectivity index (χ4n) is 1.60. The number of thiazole rings is 1. The maximum atomic E-state index is 12.9. The Kier molecular flexibility index (Phi) is 4.27. The molecule has 0 saturated heterocycles. The summed E-state index contributed by atoms with van der Waals surface area (Å²) in [5.41, 5.74) is -0.131. The second-order valence-electron chi connectivity index (χ2n) is 3.83. The minimum absolute atomic E-state index is 0.153. The average Bonchev–Trinajstić information content (AvgIpc) is 2.73. The standard InChI is InChI=1S/C12H10BrF3N2S/c1-17-6-9-10(12(14,15)16)18-11(19-9)7-3-2-4-8(13)5-7/h2-5,17H,6H2,1H3. The molecule has 2 aromatic rings. The molecule has 1 heterocycles. The third kappa shape index (κ3) is 3.34. The molecule has 0 saturated carbocycles. The number of hydrogen-bond acceptors (Lipinski definition) is 3. The number of nitrogens with zero attached hydrogens (tertiary/aromatic N) is 1. The molecular weight excluding hydrogens is 341 g/mol. The summed E-state index contributed by atoms with van der Waals surface area (Å²) in [6.07, 6.45) is -4.42. The lowest BCUT2D eigenvalue weighted by molar-refractivity contribution is -0.141. The molecule has 2 nitrogen and oxygen atoms in total. The van der Waals surface area contributed by atoms with Crippen molar-refractivity contribution in [2.45, 2.75) is 12.7 Å². The molecule has 0 aliphatic rings. The highest BCUT2D eigenvalue weighted by molar-refractivity contribution is 9.10. The molecule has 102 valence electrons. The second kappa shape index (κ2) is 5.60. The van der Waals surface area contributed by atoms with Crippen LogP contribution in [0.3, 0.4) is 0 Å². The van der Waals surface area contributed by atoms with Gasteiger partial charge in [-0.15, -0.1) is 11.3 Å². The molecule has 1 aromatic heterocycles. The summed E-state index contributed by atoms with van der Waals surface area (Å²) in [6.45, 7) is 0.153. The Labute approximate surface area is 120 Å². The highest BCUT2D eigenvalue weighted by Crippen LogP contribution is 2.38. The number of aromatic nitrogens is 1. The topological polar surface area (TPSA) is 24.9 Å². The lowest BCUT2D eigenvalue weighted by Gasteiger charge is -2.04. The van der Waals surface area contributed by atoms with E-state index in [9.17, 15) is 13.2 Å². The van der Waals surface area contributed by atoms with Gasteiger partial charge in [0.1, 0.15) is 5.01 Å². The summed E-state index contributed by atoms with van der Waals surface area (Å²) in [7, 11) is 1.61. The van der Waals surface area contributed by atoms with Crippen LogP contribution in [0.1, 0.15) is 10.6 Å². The summed E-state index contributed by atoms with van der Waals surface area (Å²) < 4.78 is 39.5. The highest BCUT2D eigenvalue weighted by Gasteiger charge is 2.37. The number of halogens is 4. The highest BCUT2D eigenvalue weighted by atomic mass is 79.9. The second-order valence-corrected chi connectivity index (χ2v) is 5.83. The molecule has 0 fully saturated rings. The van der Waals surface area contributed by atoms with Gasteiger partial charge < -0.3 is 5.32 Å². The molecule has 1 N–H and O–H groups in total. The molecule has 0 aliphatic heterocycles. The Balaban J connectivity index is 2.48. The van der Waals surface area contributed by atoms with E-state index in [-0.39, 0.29) is 11.4 Å². The summed E-state index contributed by atoms with van der Waals surface area (Å²) in [5.74, 6) is 0. The van der Waals surface area contributed by atoms with Crippen LogP contribution in [0.2, 0.25) is 0 Å². The van der Waals surface area contributed by atoms with Crippen LogP contribution in [-0.2, 0) is 12.7 Å². The third-order valence-electron chi connectivity index (χ3n) is 2.37. The van der Waals surface area contributed by atoms with Gasteiger partial charge in [-0.1, -0.05) is 28.1 Å². The van der Waals surface area contributed by atoms with E-state index in [4.69, 9.17) is 0 Å². The lowest BCUT2D eigenvalue weighted by Crippen LogP contribution is -2.12. The molecule has 0 aliphatic carbocycles. The van der Waals surface area contributed by atoms with Crippen molar-refractivity contribution in [2.75, 3.05) is 7.05 Å². The van der Waals surface area contributed by atoms with Crippen LogP contribution in [0, 0.1) is 0 Å². The first-order chi connectivity index (χ1) is 8.91. The zero-order valence-corrected chi connectivity index (χ0v) is 12.3. The molecule has 7 heteroatoms. The van der Waals surface area contributed by atoms with E-state index in [0.29, 0.717) is 10.6 Å². The SMILES string of the molecule is CNCc1sc(-c2cccc(Br)c2)nc1C(F)(F)F. The van der Waals surface area contributed by atoms with Crippen LogP contribution in [-0.4, -0.2) is 12.0 Å². The number of nitrogens with one attached hydrogen (secondary N) is 1. The average molecular weight is 351 g/mol. The van der Waals surface area contributed by atoms with Crippen molar-refractivity contribution in [1.82, 2.24) is 10.3 Å². The van der Waals surface area contributed by atoms with Gasteiger partial charge in [0.25, 0.3) is 0 Å². The van der Waals surface area contributed by atoms with Crippen LogP contribution in [0.5, 0.6) is 0 Å². The summed E-state index contributed by atoms with van der Waals surface area (Å²) in [5, 5.41) is 3.11. The Morgan fingerprint density at radius 3 is 2.68 bits per heavy atom. The Morgan fingerprint density at radius 1 is 1.37 bits per heavy atom. The first kappa shape index (κ1) is 14.5. The molecule has 0 unspecified atom stereocenters. The Bertz CT molecular complexity index is 581. The fraction of sp³-hybridized carbons (Fsp3) is 0.250. The third-order valence-corrected chi connectivity index (χ3v) is 3.97. The van der Waals surface area contributed by atoms with Crippen LogP contribution in [0.25, 0.3) is 10.6 Å². The van der Waals surface area contributed by atoms with Crippen molar-refractivity contribution in [1.29, 1.82) is 0 Å². The molecular formula is C12H10BrF3N2S. The van der Waals surface area contributed by atoms with Gasteiger partial charge in [0, 0.05) is 16.6 Å². The van der Waals surface area contributed by atoms with Crippen LogP contribution >= 0.6 is 27.3 Å². The first-order valence-electron chi connectivity index (χ1n) is 5.39. The van der Waals surface area contributed by atoms with E-state index in [1.54, 1.807) is 25.2 Å². The zero-order chi connectivity index (χ0) is 14.0. The van der Waals surface area contributed by atoms with Crippen molar-refractivity contribution in [3.05, 3.63) is 39.3 Å². The van der Waals surface area contributed by atoms with Crippen molar-refractivity contribution in [3.8, 4) is 10.6 Å². The summed E-state index contributed by atoms with van der Waals surface area (Å²) in [4.78, 5) is 3.94. The van der Waals surface area contributed by atoms with Crippen molar-refractivity contribution < 1.29 is 13.2 Å². The van der Waals surface area contributed by atoms with Gasteiger partial charge in [-0.25, -0.2) is 4.98 Å². The molecule has 0 bridgehead atoms. The van der Waals surface area contributed by atoms with Crippen LogP contribution < -0.4 is 5.32 Å². The van der Waals surface area contributed by atoms with E-state index in [1.807, 2.05) is 6.07 Å². The smallest absolute Gasteiger partial charge is 0.315 e. The van der Waals surface area contributed by atoms with E-state index < -0.39 is 11.9 Å². The monoisotopic (exact) mass is 350 g/mol. The minimum Gasteiger partial charge on any atom is -0.315 e. The number of alkyl halides is 3. The zero-order valence-electron chi connectivity index (χ0n) is 9.88. The van der Waals surface area contributed by atoms with Crippen LogP contribution in [0.4, 0.5) is 13.2 Å². The minimum atomic E-state index is -4.42.